The summed E-state index contributed by atoms with van der Waals surface area (Å²) in [7, 11) is 1.64. The number of imidazole rings is 1. The lowest BCUT2D eigenvalue weighted by molar-refractivity contribution is 0.0520. The molecule has 5 nitrogen and oxygen atoms in total. The minimum absolute atomic E-state index is 0.158. The molecule has 1 aromatic heterocycles. The predicted octanol–water partition coefficient (Wildman–Crippen LogP) is 1.27. The quantitative estimate of drug-likeness (QED) is 0.690. The minimum Gasteiger partial charge on any atom is -0.461 e. The molecule has 0 aliphatic heterocycles. The zero-order chi connectivity index (χ0) is 11.3. The van der Waals surface area contributed by atoms with Crippen LogP contribution in [-0.2, 0) is 9.47 Å². The second-order valence-corrected chi connectivity index (χ2v) is 3.23. The third kappa shape index (κ3) is 3.06. The van der Waals surface area contributed by atoms with Crippen LogP contribution in [-0.4, -0.2) is 35.8 Å². The Morgan fingerprint density at radius 3 is 3.00 bits per heavy atom. The molecule has 0 aliphatic carbocycles. The number of rotatable bonds is 5. The first-order valence-electron chi connectivity index (χ1n) is 4.88. The summed E-state index contributed by atoms with van der Waals surface area (Å²) in [6.07, 6.45) is 3.28. The zero-order valence-electron chi connectivity index (χ0n) is 9.27. The van der Waals surface area contributed by atoms with Crippen molar-refractivity contribution in [2.24, 2.45) is 0 Å². The summed E-state index contributed by atoms with van der Waals surface area (Å²) in [6.45, 7) is 4.69. The maximum absolute atomic E-state index is 11.3. The number of carbonyl (C=O) groups is 1. The SMILES string of the molecule is CCOC(=O)c1cn(C(C)COC)cn1. The van der Waals surface area contributed by atoms with Crippen LogP contribution in [0, 0.1) is 0 Å². The van der Waals surface area contributed by atoms with Crippen LogP contribution >= 0.6 is 0 Å². The Kier molecular flexibility index (Phi) is 4.30. The number of ether oxygens (including phenoxy) is 2. The van der Waals surface area contributed by atoms with Gasteiger partial charge in [-0.3, -0.25) is 0 Å². The first-order valence-corrected chi connectivity index (χ1v) is 4.88. The Hall–Kier alpha value is -1.36. The molecule has 1 unspecified atom stereocenters. The second-order valence-electron chi connectivity index (χ2n) is 3.23. The van der Waals surface area contributed by atoms with Crippen molar-refractivity contribution in [3.63, 3.8) is 0 Å². The van der Waals surface area contributed by atoms with E-state index in [2.05, 4.69) is 4.98 Å². The fraction of sp³-hybridized carbons (Fsp3) is 0.600. The van der Waals surface area contributed by atoms with Crippen LogP contribution in [0.3, 0.4) is 0 Å². The van der Waals surface area contributed by atoms with Crippen molar-refractivity contribution in [3.8, 4) is 0 Å². The van der Waals surface area contributed by atoms with Gasteiger partial charge in [0.15, 0.2) is 5.69 Å². The van der Waals surface area contributed by atoms with Crippen molar-refractivity contribution < 1.29 is 14.3 Å². The molecule has 84 valence electrons. The van der Waals surface area contributed by atoms with Gasteiger partial charge in [-0.15, -0.1) is 0 Å². The third-order valence-electron chi connectivity index (χ3n) is 2.00. The van der Waals surface area contributed by atoms with Crippen LogP contribution in [0.15, 0.2) is 12.5 Å². The van der Waals surface area contributed by atoms with Crippen molar-refractivity contribution >= 4 is 5.97 Å². The number of hydrogen-bond donors (Lipinski definition) is 0. The number of methoxy groups -OCH3 is 1. The summed E-state index contributed by atoms with van der Waals surface area (Å²) < 4.78 is 11.7. The normalized spacial score (nSPS) is 12.5. The molecule has 5 heteroatoms. The molecule has 0 fully saturated rings. The molecule has 15 heavy (non-hydrogen) atoms. The van der Waals surface area contributed by atoms with Crippen molar-refractivity contribution in [2.75, 3.05) is 20.3 Å². The highest BCUT2D eigenvalue weighted by Gasteiger charge is 2.12. The highest BCUT2D eigenvalue weighted by atomic mass is 16.5. The van der Waals surface area contributed by atoms with Gasteiger partial charge in [0.05, 0.1) is 25.6 Å². The average Bonchev–Trinajstić information content (AvgIpc) is 2.67. The summed E-state index contributed by atoms with van der Waals surface area (Å²) in [6, 6.07) is 0.158. The molecule has 0 spiro atoms. The van der Waals surface area contributed by atoms with Crippen molar-refractivity contribution in [3.05, 3.63) is 18.2 Å². The Labute approximate surface area is 89.0 Å². The van der Waals surface area contributed by atoms with Gasteiger partial charge in [-0.05, 0) is 13.8 Å². The van der Waals surface area contributed by atoms with Gasteiger partial charge in [-0.2, -0.15) is 0 Å². The number of carbonyl (C=O) groups excluding carboxylic acids is 1. The van der Waals surface area contributed by atoms with Crippen LogP contribution < -0.4 is 0 Å². The Morgan fingerprint density at radius 1 is 1.67 bits per heavy atom. The molecule has 1 aromatic rings. The van der Waals surface area contributed by atoms with Crippen molar-refractivity contribution in [1.82, 2.24) is 9.55 Å². The highest BCUT2D eigenvalue weighted by Crippen LogP contribution is 2.07. The van der Waals surface area contributed by atoms with E-state index < -0.39 is 0 Å². The molecule has 0 amide bonds. The highest BCUT2D eigenvalue weighted by molar-refractivity contribution is 5.86. The van der Waals surface area contributed by atoms with Crippen molar-refractivity contribution in [1.29, 1.82) is 0 Å². The van der Waals surface area contributed by atoms with E-state index >= 15 is 0 Å². The summed E-state index contributed by atoms with van der Waals surface area (Å²) in [4.78, 5) is 15.3. The van der Waals surface area contributed by atoms with E-state index in [-0.39, 0.29) is 12.0 Å². The molecule has 0 radical (unpaired) electrons. The molecule has 1 rings (SSSR count). The van der Waals surface area contributed by atoms with Gasteiger partial charge in [0.1, 0.15) is 0 Å². The lowest BCUT2D eigenvalue weighted by Gasteiger charge is -2.10. The largest absolute Gasteiger partial charge is 0.461 e. The van der Waals surface area contributed by atoms with E-state index in [1.807, 2.05) is 11.5 Å². The fourth-order valence-electron chi connectivity index (χ4n) is 1.22. The molecule has 1 heterocycles. The summed E-state index contributed by atoms with van der Waals surface area (Å²) >= 11 is 0. The van der Waals surface area contributed by atoms with Crippen LogP contribution in [0.5, 0.6) is 0 Å². The van der Waals surface area contributed by atoms with Gasteiger partial charge >= 0.3 is 5.97 Å². The summed E-state index contributed by atoms with van der Waals surface area (Å²) in [5.41, 5.74) is 0.333. The molecular weight excluding hydrogens is 196 g/mol. The zero-order valence-corrected chi connectivity index (χ0v) is 9.27. The van der Waals surface area contributed by atoms with Gasteiger partial charge in [-0.1, -0.05) is 0 Å². The lowest BCUT2D eigenvalue weighted by atomic mass is 10.3. The molecule has 0 aliphatic rings. The lowest BCUT2D eigenvalue weighted by Crippen LogP contribution is -2.09. The summed E-state index contributed by atoms with van der Waals surface area (Å²) in [5, 5.41) is 0. The van der Waals surface area contributed by atoms with E-state index in [4.69, 9.17) is 9.47 Å². The van der Waals surface area contributed by atoms with Crippen LogP contribution in [0.4, 0.5) is 0 Å². The Morgan fingerprint density at radius 2 is 2.40 bits per heavy atom. The molecule has 0 N–H and O–H groups in total. The molecule has 0 aromatic carbocycles. The van der Waals surface area contributed by atoms with Gasteiger partial charge < -0.3 is 14.0 Å². The molecule has 1 atom stereocenters. The van der Waals surface area contributed by atoms with E-state index in [0.717, 1.165) is 0 Å². The first kappa shape index (κ1) is 11.7. The van der Waals surface area contributed by atoms with Gasteiger partial charge in [0.2, 0.25) is 0 Å². The molecule has 0 saturated heterocycles. The number of esters is 1. The van der Waals surface area contributed by atoms with Gasteiger partial charge in [-0.25, -0.2) is 9.78 Å². The van der Waals surface area contributed by atoms with Crippen molar-refractivity contribution in [2.45, 2.75) is 19.9 Å². The van der Waals surface area contributed by atoms with Crippen LogP contribution in [0.1, 0.15) is 30.4 Å². The number of aromatic nitrogens is 2. The standard InChI is InChI=1S/C10H16N2O3/c1-4-15-10(13)9-5-12(7-11-9)8(2)6-14-3/h5,7-8H,4,6H2,1-3H3. The fourth-order valence-corrected chi connectivity index (χ4v) is 1.22. The van der Waals surface area contributed by atoms with E-state index in [1.165, 1.54) is 0 Å². The smallest absolute Gasteiger partial charge is 0.358 e. The topological polar surface area (TPSA) is 53.4 Å². The monoisotopic (exact) mass is 212 g/mol. The van der Waals surface area contributed by atoms with Crippen LogP contribution in [0.25, 0.3) is 0 Å². The van der Waals surface area contributed by atoms with Gasteiger partial charge in [0.25, 0.3) is 0 Å². The maximum atomic E-state index is 11.3. The first-order chi connectivity index (χ1) is 7.19. The molecular formula is C10H16N2O3. The molecule has 0 bridgehead atoms. The summed E-state index contributed by atoms with van der Waals surface area (Å²) in [5.74, 6) is -0.388. The second kappa shape index (κ2) is 5.50. The predicted molar refractivity (Wildman–Crippen MR) is 54.8 cm³/mol. The molecule has 0 saturated carbocycles. The minimum atomic E-state index is -0.388. The van der Waals surface area contributed by atoms with E-state index in [9.17, 15) is 4.79 Å². The Balaban J connectivity index is 2.67. The van der Waals surface area contributed by atoms with Gasteiger partial charge in [0, 0.05) is 13.3 Å². The maximum Gasteiger partial charge on any atom is 0.358 e. The average molecular weight is 212 g/mol. The Bertz CT molecular complexity index is 322. The number of hydrogen-bond acceptors (Lipinski definition) is 4. The van der Waals surface area contributed by atoms with E-state index in [0.29, 0.717) is 18.9 Å². The number of nitrogens with zero attached hydrogens (tertiary/aromatic N) is 2. The van der Waals surface area contributed by atoms with E-state index in [1.54, 1.807) is 26.6 Å². The third-order valence-corrected chi connectivity index (χ3v) is 2.00. The van der Waals surface area contributed by atoms with Crippen LogP contribution in [0.2, 0.25) is 0 Å².